The Kier molecular flexibility index (Phi) is 4.01. The average Bonchev–Trinajstić information content (AvgIpc) is 2.58. The van der Waals surface area contributed by atoms with Crippen LogP contribution in [0, 0.1) is 5.82 Å². The van der Waals surface area contributed by atoms with E-state index < -0.39 is 5.91 Å². The van der Waals surface area contributed by atoms with Crippen molar-refractivity contribution in [1.29, 1.82) is 0 Å². The maximum absolute atomic E-state index is 12.9. The molecule has 0 saturated heterocycles. The number of benzene rings is 2. The zero-order chi connectivity index (χ0) is 16.2. The van der Waals surface area contributed by atoms with Crippen LogP contribution in [0.2, 0.25) is 0 Å². The number of hydrogen-bond donors (Lipinski definition) is 1. The van der Waals surface area contributed by atoms with Crippen molar-refractivity contribution in [3.63, 3.8) is 0 Å². The van der Waals surface area contributed by atoms with Crippen LogP contribution in [-0.4, -0.2) is 10.9 Å². The minimum absolute atomic E-state index is 0.217. The smallest absolute Gasteiger partial charge is 0.267 e. The molecular weight excluding hydrogens is 295 g/mol. The van der Waals surface area contributed by atoms with Gasteiger partial charge in [-0.3, -0.25) is 9.78 Å². The molecule has 1 heterocycles. The number of amides is 1. The topological polar surface area (TPSA) is 65.2 Å². The predicted molar refractivity (Wildman–Crippen MR) is 84.7 cm³/mol. The van der Waals surface area contributed by atoms with E-state index in [0.717, 1.165) is 11.1 Å². The summed E-state index contributed by atoms with van der Waals surface area (Å²) in [6.07, 6.45) is 1.54. The molecule has 5 heteroatoms. The Morgan fingerprint density at radius 2 is 1.52 bits per heavy atom. The highest BCUT2D eigenvalue weighted by atomic mass is 19.1. The zero-order valence-corrected chi connectivity index (χ0v) is 12.1. The van der Waals surface area contributed by atoms with Crippen LogP contribution in [0.25, 0.3) is 11.1 Å². The highest BCUT2D eigenvalue weighted by Crippen LogP contribution is 2.26. The molecule has 1 amide bonds. The molecule has 0 aliphatic rings. The van der Waals surface area contributed by atoms with E-state index in [1.807, 2.05) is 12.1 Å². The number of ether oxygens (including phenoxy) is 1. The number of hydrogen-bond acceptors (Lipinski definition) is 3. The Labute approximate surface area is 132 Å². The summed E-state index contributed by atoms with van der Waals surface area (Å²) in [5, 5.41) is 0. The fraction of sp³-hybridized carbons (Fsp3) is 0. The average molecular weight is 308 g/mol. The summed E-state index contributed by atoms with van der Waals surface area (Å²) in [6.45, 7) is 0. The minimum Gasteiger partial charge on any atom is -0.457 e. The van der Waals surface area contributed by atoms with Gasteiger partial charge in [-0.15, -0.1) is 0 Å². The third-order valence-corrected chi connectivity index (χ3v) is 3.25. The Morgan fingerprint density at radius 1 is 0.913 bits per heavy atom. The van der Waals surface area contributed by atoms with Crippen molar-refractivity contribution in [3.05, 3.63) is 78.4 Å². The number of carbonyl (C=O) groups excluding carboxylic acids is 1. The Bertz CT molecular complexity index is 830. The van der Waals surface area contributed by atoms with Gasteiger partial charge in [0.15, 0.2) is 0 Å². The van der Waals surface area contributed by atoms with Gasteiger partial charge in [-0.05, 0) is 59.7 Å². The molecule has 0 atom stereocenters. The number of aromatic nitrogens is 1. The van der Waals surface area contributed by atoms with Gasteiger partial charge in [-0.25, -0.2) is 4.39 Å². The van der Waals surface area contributed by atoms with Crippen molar-refractivity contribution >= 4 is 5.91 Å². The summed E-state index contributed by atoms with van der Waals surface area (Å²) in [4.78, 5) is 15.1. The third kappa shape index (κ3) is 3.52. The van der Waals surface area contributed by atoms with Gasteiger partial charge in [-0.1, -0.05) is 12.1 Å². The number of halogens is 1. The normalized spacial score (nSPS) is 10.3. The first-order valence-corrected chi connectivity index (χ1v) is 6.91. The third-order valence-electron chi connectivity index (χ3n) is 3.25. The molecule has 23 heavy (non-hydrogen) atoms. The van der Waals surface area contributed by atoms with E-state index in [2.05, 4.69) is 4.98 Å². The van der Waals surface area contributed by atoms with Crippen molar-refractivity contribution in [2.45, 2.75) is 0 Å². The van der Waals surface area contributed by atoms with Crippen molar-refractivity contribution in [2.75, 3.05) is 0 Å². The van der Waals surface area contributed by atoms with Crippen LogP contribution in [0.1, 0.15) is 10.5 Å². The fourth-order valence-corrected chi connectivity index (χ4v) is 2.10. The number of carbonyl (C=O) groups is 1. The molecule has 0 bridgehead atoms. The first-order chi connectivity index (χ1) is 11.1. The van der Waals surface area contributed by atoms with Crippen molar-refractivity contribution in [3.8, 4) is 22.6 Å². The standard InChI is InChI=1S/C18H13FN2O2/c19-14-3-7-16(8-4-14)23-15-5-1-12(2-6-15)13-9-10-21-17(11-13)18(20)22/h1-11H,(H2,20,22). The first-order valence-electron chi connectivity index (χ1n) is 6.91. The summed E-state index contributed by atoms with van der Waals surface area (Å²) >= 11 is 0. The molecule has 3 aromatic rings. The van der Waals surface area contributed by atoms with Crippen LogP contribution in [0.15, 0.2) is 66.9 Å². The SMILES string of the molecule is NC(=O)c1cc(-c2ccc(Oc3ccc(F)cc3)cc2)ccn1. The van der Waals surface area contributed by atoms with Gasteiger partial charge < -0.3 is 10.5 Å². The minimum atomic E-state index is -0.567. The van der Waals surface area contributed by atoms with Crippen LogP contribution < -0.4 is 10.5 Å². The highest BCUT2D eigenvalue weighted by molar-refractivity contribution is 5.92. The first kappa shape index (κ1) is 14.7. The summed E-state index contributed by atoms with van der Waals surface area (Å²) in [6, 6.07) is 16.5. The molecule has 0 radical (unpaired) electrons. The van der Waals surface area contributed by atoms with Gasteiger partial charge in [0, 0.05) is 6.20 Å². The Morgan fingerprint density at radius 3 is 2.13 bits per heavy atom. The van der Waals surface area contributed by atoms with E-state index in [4.69, 9.17) is 10.5 Å². The van der Waals surface area contributed by atoms with Gasteiger partial charge in [0.05, 0.1) is 0 Å². The van der Waals surface area contributed by atoms with E-state index in [1.165, 1.54) is 12.1 Å². The van der Waals surface area contributed by atoms with Gasteiger partial charge in [0.1, 0.15) is 23.0 Å². The molecule has 0 spiro atoms. The summed E-state index contributed by atoms with van der Waals surface area (Å²) in [7, 11) is 0. The molecule has 0 aliphatic carbocycles. The summed E-state index contributed by atoms with van der Waals surface area (Å²) in [5.41, 5.74) is 7.19. The number of primary amides is 1. The van der Waals surface area contributed by atoms with Crippen LogP contribution in [-0.2, 0) is 0 Å². The van der Waals surface area contributed by atoms with E-state index in [0.29, 0.717) is 11.5 Å². The van der Waals surface area contributed by atoms with E-state index >= 15 is 0 Å². The molecule has 2 aromatic carbocycles. The van der Waals surface area contributed by atoms with Crippen LogP contribution in [0.4, 0.5) is 4.39 Å². The highest BCUT2D eigenvalue weighted by Gasteiger charge is 2.05. The van der Waals surface area contributed by atoms with Gasteiger partial charge >= 0.3 is 0 Å². The molecule has 0 unspecified atom stereocenters. The molecule has 114 valence electrons. The lowest BCUT2D eigenvalue weighted by Crippen LogP contribution is -2.12. The van der Waals surface area contributed by atoms with Crippen LogP contribution in [0.3, 0.4) is 0 Å². The van der Waals surface area contributed by atoms with E-state index in [1.54, 1.807) is 42.6 Å². The zero-order valence-electron chi connectivity index (χ0n) is 12.1. The van der Waals surface area contributed by atoms with E-state index in [9.17, 15) is 9.18 Å². The summed E-state index contributed by atoms with van der Waals surface area (Å²) < 4.78 is 18.5. The molecule has 0 aliphatic heterocycles. The molecule has 4 nitrogen and oxygen atoms in total. The fourth-order valence-electron chi connectivity index (χ4n) is 2.10. The maximum Gasteiger partial charge on any atom is 0.267 e. The lowest BCUT2D eigenvalue weighted by Gasteiger charge is -2.07. The number of pyridine rings is 1. The van der Waals surface area contributed by atoms with Gasteiger partial charge in [0.2, 0.25) is 0 Å². The molecule has 3 rings (SSSR count). The predicted octanol–water partition coefficient (Wildman–Crippen LogP) is 3.78. The quantitative estimate of drug-likeness (QED) is 0.797. The van der Waals surface area contributed by atoms with Crippen LogP contribution >= 0.6 is 0 Å². The van der Waals surface area contributed by atoms with Crippen molar-refractivity contribution in [2.24, 2.45) is 5.73 Å². The van der Waals surface area contributed by atoms with Crippen LogP contribution in [0.5, 0.6) is 11.5 Å². The second-order valence-electron chi connectivity index (χ2n) is 4.87. The Hall–Kier alpha value is -3.21. The maximum atomic E-state index is 12.9. The largest absolute Gasteiger partial charge is 0.457 e. The monoisotopic (exact) mass is 308 g/mol. The molecule has 0 saturated carbocycles. The lowest BCUT2D eigenvalue weighted by molar-refractivity contribution is 0.0995. The van der Waals surface area contributed by atoms with Gasteiger partial charge in [-0.2, -0.15) is 0 Å². The molecular formula is C18H13FN2O2. The van der Waals surface area contributed by atoms with Gasteiger partial charge in [0.25, 0.3) is 5.91 Å². The molecule has 1 aromatic heterocycles. The Balaban J connectivity index is 1.80. The number of nitrogens with two attached hydrogens (primary N) is 1. The lowest BCUT2D eigenvalue weighted by atomic mass is 10.1. The number of nitrogens with zero attached hydrogens (tertiary/aromatic N) is 1. The molecule has 2 N–H and O–H groups in total. The second kappa shape index (κ2) is 6.27. The molecule has 0 fully saturated rings. The van der Waals surface area contributed by atoms with Crippen molar-refractivity contribution < 1.29 is 13.9 Å². The summed E-state index contributed by atoms with van der Waals surface area (Å²) in [5.74, 6) is 0.308. The van der Waals surface area contributed by atoms with E-state index in [-0.39, 0.29) is 11.5 Å². The van der Waals surface area contributed by atoms with Crippen molar-refractivity contribution in [1.82, 2.24) is 4.98 Å². The number of rotatable bonds is 4. The second-order valence-corrected chi connectivity index (χ2v) is 4.87.